The SMILES string of the molecule is CC(=O)N(Sc1nc(-c2cccc(N)n2)cs1)C1CCN(Cc2ccc(Cl)c(Cl)c2)CC1. The molecule has 0 saturated carbocycles. The first-order valence-corrected chi connectivity index (χ1v) is 12.6. The van der Waals surface area contributed by atoms with Crippen molar-refractivity contribution in [2.24, 2.45) is 0 Å². The van der Waals surface area contributed by atoms with Crippen molar-refractivity contribution >= 4 is 58.2 Å². The molecule has 0 bridgehead atoms. The van der Waals surface area contributed by atoms with Gasteiger partial charge in [0.2, 0.25) is 5.91 Å². The number of benzene rings is 1. The van der Waals surface area contributed by atoms with Crippen LogP contribution in [0.5, 0.6) is 0 Å². The lowest BCUT2D eigenvalue weighted by atomic mass is 10.0. The van der Waals surface area contributed by atoms with E-state index < -0.39 is 0 Å². The molecule has 168 valence electrons. The average molecular weight is 509 g/mol. The molecule has 0 radical (unpaired) electrons. The van der Waals surface area contributed by atoms with Crippen LogP contribution in [-0.4, -0.2) is 44.2 Å². The number of carbonyl (C=O) groups is 1. The first-order chi connectivity index (χ1) is 15.4. The lowest BCUT2D eigenvalue weighted by Gasteiger charge is -2.37. The Kier molecular flexibility index (Phi) is 7.58. The van der Waals surface area contributed by atoms with Gasteiger partial charge in [0, 0.05) is 49.9 Å². The highest BCUT2D eigenvalue weighted by Crippen LogP contribution is 2.34. The Bertz CT molecular complexity index is 1100. The fraction of sp³-hybridized carbons (Fsp3) is 0.318. The van der Waals surface area contributed by atoms with Gasteiger partial charge in [-0.3, -0.25) is 14.0 Å². The Morgan fingerprint density at radius 2 is 1.97 bits per heavy atom. The Morgan fingerprint density at radius 3 is 2.66 bits per heavy atom. The second-order valence-corrected chi connectivity index (χ2v) is 10.5. The van der Waals surface area contributed by atoms with Crippen LogP contribution in [0.15, 0.2) is 46.1 Å². The van der Waals surface area contributed by atoms with Crippen LogP contribution in [-0.2, 0) is 11.3 Å². The van der Waals surface area contributed by atoms with Gasteiger partial charge in [0.05, 0.1) is 15.7 Å². The van der Waals surface area contributed by atoms with Crippen LogP contribution in [0.25, 0.3) is 11.4 Å². The highest BCUT2D eigenvalue weighted by molar-refractivity contribution is 7.99. The molecular formula is C22H23Cl2N5OS2. The standard InChI is InChI=1S/C22H23Cl2N5OS2/c1-14(30)29(32-22-27-20(13-31-22)19-3-2-4-21(25)26-19)16-7-9-28(10-8-16)12-15-5-6-17(23)18(24)11-15/h2-6,11,13,16H,7-10,12H2,1H3,(H2,25,26). The third-order valence-electron chi connectivity index (χ3n) is 5.28. The molecule has 1 aliphatic heterocycles. The molecule has 0 atom stereocenters. The molecule has 3 heterocycles. The van der Waals surface area contributed by atoms with Gasteiger partial charge in [-0.1, -0.05) is 35.3 Å². The summed E-state index contributed by atoms with van der Waals surface area (Å²) in [4.78, 5) is 23.8. The smallest absolute Gasteiger partial charge is 0.229 e. The number of nitrogens with two attached hydrogens (primary N) is 1. The lowest BCUT2D eigenvalue weighted by Crippen LogP contribution is -2.43. The summed E-state index contributed by atoms with van der Waals surface area (Å²) in [7, 11) is 0. The number of rotatable bonds is 6. The van der Waals surface area contributed by atoms with Crippen LogP contribution >= 0.6 is 46.5 Å². The lowest BCUT2D eigenvalue weighted by molar-refractivity contribution is -0.125. The minimum absolute atomic E-state index is 0.0387. The summed E-state index contributed by atoms with van der Waals surface area (Å²) >= 11 is 15.1. The Hall–Kier alpha value is -1.84. The van der Waals surface area contributed by atoms with Crippen LogP contribution in [0.2, 0.25) is 10.0 Å². The quantitative estimate of drug-likeness (QED) is 0.436. The first kappa shape index (κ1) is 23.3. The zero-order chi connectivity index (χ0) is 22.7. The number of nitrogens with zero attached hydrogens (tertiary/aromatic N) is 4. The summed E-state index contributed by atoms with van der Waals surface area (Å²) < 4.78 is 2.68. The van der Waals surface area contributed by atoms with Gasteiger partial charge in [-0.15, -0.1) is 11.3 Å². The number of thiazole rings is 1. The topological polar surface area (TPSA) is 75.3 Å². The fourth-order valence-electron chi connectivity index (χ4n) is 3.70. The molecule has 1 amide bonds. The summed E-state index contributed by atoms with van der Waals surface area (Å²) in [6.45, 7) is 4.25. The summed E-state index contributed by atoms with van der Waals surface area (Å²) in [5.41, 5.74) is 8.43. The number of carbonyl (C=O) groups excluding carboxylic acids is 1. The number of piperidine rings is 1. The molecule has 1 aromatic carbocycles. The number of pyridine rings is 1. The first-order valence-electron chi connectivity index (χ1n) is 10.2. The van der Waals surface area contributed by atoms with Gasteiger partial charge < -0.3 is 5.73 Å². The number of hydrogen-bond acceptors (Lipinski definition) is 7. The normalized spacial score (nSPS) is 15.1. The van der Waals surface area contributed by atoms with Crippen molar-refractivity contribution in [3.05, 3.63) is 57.4 Å². The summed E-state index contributed by atoms with van der Waals surface area (Å²) in [5.74, 6) is 0.500. The molecular weight excluding hydrogens is 485 g/mol. The molecule has 10 heteroatoms. The zero-order valence-corrected chi connectivity index (χ0v) is 20.6. The van der Waals surface area contributed by atoms with Crippen LogP contribution in [0, 0.1) is 0 Å². The van der Waals surface area contributed by atoms with E-state index >= 15 is 0 Å². The van der Waals surface area contributed by atoms with Crippen LogP contribution < -0.4 is 5.73 Å². The molecule has 0 spiro atoms. The Labute approximate surface area is 205 Å². The number of nitrogen functional groups attached to an aromatic ring is 1. The van der Waals surface area contributed by atoms with Gasteiger partial charge in [-0.2, -0.15) is 0 Å². The van der Waals surface area contributed by atoms with E-state index in [-0.39, 0.29) is 11.9 Å². The number of hydrogen-bond donors (Lipinski definition) is 1. The minimum Gasteiger partial charge on any atom is -0.384 e. The van der Waals surface area contributed by atoms with Gasteiger partial charge in [-0.25, -0.2) is 9.97 Å². The van der Waals surface area contributed by atoms with E-state index in [2.05, 4.69) is 14.9 Å². The van der Waals surface area contributed by atoms with E-state index in [4.69, 9.17) is 28.9 Å². The maximum absolute atomic E-state index is 12.4. The third-order valence-corrected chi connectivity index (χ3v) is 8.17. The summed E-state index contributed by atoms with van der Waals surface area (Å²) in [5, 5.41) is 3.09. The van der Waals surface area contributed by atoms with Gasteiger partial charge in [0.25, 0.3) is 0 Å². The van der Waals surface area contributed by atoms with Gasteiger partial charge in [0.1, 0.15) is 11.5 Å². The summed E-state index contributed by atoms with van der Waals surface area (Å²) in [6.07, 6.45) is 1.81. The molecule has 32 heavy (non-hydrogen) atoms. The van der Waals surface area contributed by atoms with Crippen molar-refractivity contribution in [3.63, 3.8) is 0 Å². The van der Waals surface area contributed by atoms with E-state index in [1.54, 1.807) is 13.0 Å². The molecule has 0 unspecified atom stereocenters. The number of aromatic nitrogens is 2. The van der Waals surface area contributed by atoms with E-state index in [1.165, 1.54) is 23.3 Å². The molecule has 3 aromatic rings. The molecule has 2 N–H and O–H groups in total. The van der Waals surface area contributed by atoms with Gasteiger partial charge in [0.15, 0.2) is 4.34 Å². The fourth-order valence-corrected chi connectivity index (χ4v) is 5.91. The summed E-state index contributed by atoms with van der Waals surface area (Å²) in [6, 6.07) is 11.4. The Morgan fingerprint density at radius 1 is 1.19 bits per heavy atom. The van der Waals surface area contributed by atoms with Crippen molar-refractivity contribution in [2.75, 3.05) is 18.8 Å². The monoisotopic (exact) mass is 507 g/mol. The van der Waals surface area contributed by atoms with Crippen molar-refractivity contribution in [1.82, 2.24) is 19.2 Å². The highest BCUT2D eigenvalue weighted by Gasteiger charge is 2.28. The maximum Gasteiger partial charge on any atom is 0.229 e. The third kappa shape index (κ3) is 5.74. The van der Waals surface area contributed by atoms with E-state index in [0.717, 1.165) is 53.8 Å². The predicted molar refractivity (Wildman–Crippen MR) is 133 cm³/mol. The number of amides is 1. The second-order valence-electron chi connectivity index (χ2n) is 7.64. The molecule has 6 nitrogen and oxygen atoms in total. The van der Waals surface area contributed by atoms with E-state index in [0.29, 0.717) is 15.9 Å². The van der Waals surface area contributed by atoms with E-state index in [9.17, 15) is 4.79 Å². The van der Waals surface area contributed by atoms with Gasteiger partial charge in [-0.05, 0) is 42.7 Å². The van der Waals surface area contributed by atoms with Crippen LogP contribution in [0.1, 0.15) is 25.3 Å². The van der Waals surface area contributed by atoms with Crippen molar-refractivity contribution < 1.29 is 4.79 Å². The molecule has 1 fully saturated rings. The van der Waals surface area contributed by atoms with Gasteiger partial charge >= 0.3 is 0 Å². The van der Waals surface area contributed by atoms with Crippen LogP contribution in [0.4, 0.5) is 5.82 Å². The number of halogens is 2. The second kappa shape index (κ2) is 10.4. The average Bonchev–Trinajstić information content (AvgIpc) is 3.24. The minimum atomic E-state index is 0.0387. The Balaban J connectivity index is 1.37. The molecule has 1 saturated heterocycles. The predicted octanol–water partition coefficient (Wildman–Crippen LogP) is 5.61. The highest BCUT2D eigenvalue weighted by atomic mass is 35.5. The maximum atomic E-state index is 12.4. The van der Waals surface area contributed by atoms with E-state index in [1.807, 2.05) is 40.0 Å². The molecule has 4 rings (SSSR count). The molecule has 1 aliphatic rings. The van der Waals surface area contributed by atoms with Crippen molar-refractivity contribution in [3.8, 4) is 11.4 Å². The zero-order valence-electron chi connectivity index (χ0n) is 17.5. The largest absolute Gasteiger partial charge is 0.384 e. The van der Waals surface area contributed by atoms with Crippen molar-refractivity contribution in [2.45, 2.75) is 36.7 Å². The number of likely N-dealkylation sites (tertiary alicyclic amines) is 1. The van der Waals surface area contributed by atoms with Crippen molar-refractivity contribution in [1.29, 1.82) is 0 Å². The number of anilines is 1. The van der Waals surface area contributed by atoms with Crippen LogP contribution in [0.3, 0.4) is 0 Å². The molecule has 2 aromatic heterocycles. The molecule has 0 aliphatic carbocycles.